The van der Waals surface area contributed by atoms with Crippen LogP contribution >= 0.6 is 23.2 Å². The standard InChI is InChI=1S/C15H13Cl2FN2O/c16-11-2-1-3-12(17)14(11)10-4-8(18)5-13-15(10)21-9(6-19)7-20-13/h1-5,9,20H,6-7,19H2. The predicted molar refractivity (Wildman–Crippen MR) is 83.8 cm³/mol. The van der Waals surface area contributed by atoms with Crippen molar-refractivity contribution < 1.29 is 9.13 Å². The van der Waals surface area contributed by atoms with Gasteiger partial charge in [0.2, 0.25) is 0 Å². The fourth-order valence-electron chi connectivity index (χ4n) is 2.36. The first kappa shape index (κ1) is 14.4. The predicted octanol–water partition coefficient (Wildman–Crippen LogP) is 3.93. The van der Waals surface area contributed by atoms with Crippen molar-refractivity contribution >= 4 is 28.9 Å². The van der Waals surface area contributed by atoms with Crippen molar-refractivity contribution in [2.45, 2.75) is 6.10 Å². The number of rotatable bonds is 2. The van der Waals surface area contributed by atoms with Crippen LogP contribution in [0.25, 0.3) is 11.1 Å². The summed E-state index contributed by atoms with van der Waals surface area (Å²) in [6.45, 7) is 0.891. The number of hydrogen-bond acceptors (Lipinski definition) is 3. The summed E-state index contributed by atoms with van der Waals surface area (Å²) in [7, 11) is 0. The maximum Gasteiger partial charge on any atom is 0.151 e. The van der Waals surface area contributed by atoms with Crippen LogP contribution in [0.3, 0.4) is 0 Å². The Balaban J connectivity index is 2.21. The lowest BCUT2D eigenvalue weighted by molar-refractivity contribution is 0.215. The average molecular weight is 327 g/mol. The van der Waals surface area contributed by atoms with Crippen LogP contribution in [-0.2, 0) is 0 Å². The van der Waals surface area contributed by atoms with Crippen LogP contribution in [0.1, 0.15) is 0 Å². The minimum Gasteiger partial charge on any atom is -0.484 e. The molecule has 0 radical (unpaired) electrons. The van der Waals surface area contributed by atoms with Crippen molar-refractivity contribution in [1.82, 2.24) is 0 Å². The molecule has 0 aliphatic carbocycles. The Hall–Kier alpha value is -1.49. The summed E-state index contributed by atoms with van der Waals surface area (Å²) in [5.74, 6) is 0.134. The smallest absolute Gasteiger partial charge is 0.151 e. The molecule has 1 aliphatic rings. The summed E-state index contributed by atoms with van der Waals surface area (Å²) in [5, 5.41) is 4.00. The molecule has 0 aromatic heterocycles. The van der Waals surface area contributed by atoms with Gasteiger partial charge in [0.15, 0.2) is 5.75 Å². The molecule has 110 valence electrons. The van der Waals surface area contributed by atoms with Gasteiger partial charge in [0.05, 0.1) is 22.3 Å². The van der Waals surface area contributed by atoms with Crippen molar-refractivity contribution in [3.63, 3.8) is 0 Å². The number of halogens is 3. The zero-order valence-corrected chi connectivity index (χ0v) is 12.5. The molecule has 2 aromatic rings. The second-order valence-corrected chi connectivity index (χ2v) is 5.60. The molecule has 1 aliphatic heterocycles. The molecule has 3 rings (SSSR count). The third-order valence-electron chi connectivity index (χ3n) is 3.35. The van der Waals surface area contributed by atoms with Gasteiger partial charge in [-0.1, -0.05) is 29.3 Å². The molecule has 2 aromatic carbocycles. The van der Waals surface area contributed by atoms with E-state index >= 15 is 0 Å². The van der Waals surface area contributed by atoms with E-state index in [1.807, 2.05) is 0 Å². The summed E-state index contributed by atoms with van der Waals surface area (Å²) in [6, 6.07) is 7.90. The van der Waals surface area contributed by atoms with E-state index in [1.165, 1.54) is 12.1 Å². The molecule has 3 N–H and O–H groups in total. The van der Waals surface area contributed by atoms with Gasteiger partial charge in [-0.15, -0.1) is 0 Å². The van der Waals surface area contributed by atoms with Gasteiger partial charge in [-0.25, -0.2) is 4.39 Å². The largest absolute Gasteiger partial charge is 0.484 e. The van der Waals surface area contributed by atoms with Crippen LogP contribution in [0, 0.1) is 5.82 Å². The van der Waals surface area contributed by atoms with Gasteiger partial charge in [-0.3, -0.25) is 0 Å². The van der Waals surface area contributed by atoms with Crippen LogP contribution in [-0.4, -0.2) is 19.2 Å². The fourth-order valence-corrected chi connectivity index (χ4v) is 2.96. The first-order valence-corrected chi connectivity index (χ1v) is 7.24. The number of hydrogen-bond donors (Lipinski definition) is 2. The number of fused-ring (bicyclic) bond motifs is 1. The van der Waals surface area contributed by atoms with E-state index < -0.39 is 0 Å². The first-order chi connectivity index (χ1) is 10.1. The maximum atomic E-state index is 13.9. The average Bonchev–Trinajstić information content (AvgIpc) is 2.46. The van der Waals surface area contributed by atoms with E-state index in [0.29, 0.717) is 45.7 Å². The third kappa shape index (κ3) is 2.67. The van der Waals surface area contributed by atoms with Crippen LogP contribution in [0.15, 0.2) is 30.3 Å². The number of ether oxygens (including phenoxy) is 1. The first-order valence-electron chi connectivity index (χ1n) is 6.48. The van der Waals surface area contributed by atoms with E-state index in [9.17, 15) is 4.39 Å². The van der Waals surface area contributed by atoms with Crippen LogP contribution in [0.2, 0.25) is 10.0 Å². The molecule has 0 amide bonds. The van der Waals surface area contributed by atoms with Gasteiger partial charge < -0.3 is 15.8 Å². The molecule has 6 heteroatoms. The highest BCUT2D eigenvalue weighted by molar-refractivity contribution is 6.39. The van der Waals surface area contributed by atoms with E-state index in [1.54, 1.807) is 18.2 Å². The Bertz CT molecular complexity index is 673. The molecule has 1 unspecified atom stereocenters. The summed E-state index contributed by atoms with van der Waals surface area (Å²) in [4.78, 5) is 0. The molecule has 0 saturated heterocycles. The zero-order chi connectivity index (χ0) is 15.0. The van der Waals surface area contributed by atoms with Gasteiger partial charge in [-0.05, 0) is 18.2 Å². The van der Waals surface area contributed by atoms with Crippen molar-refractivity contribution in [3.05, 3.63) is 46.2 Å². The second-order valence-electron chi connectivity index (χ2n) is 4.78. The molecule has 1 heterocycles. The topological polar surface area (TPSA) is 47.3 Å². The Morgan fingerprint density at radius 3 is 2.67 bits per heavy atom. The Morgan fingerprint density at radius 2 is 2.00 bits per heavy atom. The third-order valence-corrected chi connectivity index (χ3v) is 3.98. The van der Waals surface area contributed by atoms with Gasteiger partial charge >= 0.3 is 0 Å². The van der Waals surface area contributed by atoms with Crippen molar-refractivity contribution in [2.75, 3.05) is 18.4 Å². The Labute approximate surface area is 131 Å². The second kappa shape index (κ2) is 5.72. The number of nitrogens with two attached hydrogens (primary N) is 1. The lowest BCUT2D eigenvalue weighted by Crippen LogP contribution is -2.37. The monoisotopic (exact) mass is 326 g/mol. The highest BCUT2D eigenvalue weighted by Crippen LogP contribution is 2.45. The summed E-state index contributed by atoms with van der Waals surface area (Å²) >= 11 is 12.4. The molecular formula is C15H13Cl2FN2O. The highest BCUT2D eigenvalue weighted by atomic mass is 35.5. The lowest BCUT2D eigenvalue weighted by atomic mass is 10.0. The SMILES string of the molecule is NCC1CNc2cc(F)cc(-c3c(Cl)cccc3Cl)c2O1. The lowest BCUT2D eigenvalue weighted by Gasteiger charge is -2.28. The molecule has 0 bridgehead atoms. The Morgan fingerprint density at radius 1 is 1.29 bits per heavy atom. The molecule has 0 spiro atoms. The quantitative estimate of drug-likeness (QED) is 0.878. The summed E-state index contributed by atoms with van der Waals surface area (Å²) in [6.07, 6.45) is -0.178. The molecular weight excluding hydrogens is 314 g/mol. The van der Waals surface area contributed by atoms with Gasteiger partial charge in [0, 0.05) is 23.7 Å². The van der Waals surface area contributed by atoms with E-state index in [4.69, 9.17) is 33.7 Å². The van der Waals surface area contributed by atoms with Gasteiger partial charge in [0.25, 0.3) is 0 Å². The van der Waals surface area contributed by atoms with Crippen LogP contribution in [0.4, 0.5) is 10.1 Å². The molecule has 0 fully saturated rings. The number of anilines is 1. The maximum absolute atomic E-state index is 13.9. The summed E-state index contributed by atoms with van der Waals surface area (Å²) in [5.41, 5.74) is 7.29. The molecule has 3 nitrogen and oxygen atoms in total. The number of benzene rings is 2. The van der Waals surface area contributed by atoms with Gasteiger partial charge in [-0.2, -0.15) is 0 Å². The van der Waals surface area contributed by atoms with E-state index in [2.05, 4.69) is 5.32 Å². The Kier molecular flexibility index (Phi) is 3.93. The van der Waals surface area contributed by atoms with Crippen molar-refractivity contribution in [2.24, 2.45) is 5.73 Å². The van der Waals surface area contributed by atoms with Crippen LogP contribution < -0.4 is 15.8 Å². The summed E-state index contributed by atoms with van der Waals surface area (Å²) < 4.78 is 19.7. The molecule has 21 heavy (non-hydrogen) atoms. The minimum absolute atomic E-state index is 0.178. The van der Waals surface area contributed by atoms with Crippen molar-refractivity contribution in [1.29, 1.82) is 0 Å². The number of nitrogens with one attached hydrogen (secondary N) is 1. The molecule has 0 saturated carbocycles. The minimum atomic E-state index is -0.387. The van der Waals surface area contributed by atoms with E-state index in [0.717, 1.165) is 0 Å². The zero-order valence-electron chi connectivity index (χ0n) is 11.0. The highest BCUT2D eigenvalue weighted by Gasteiger charge is 2.24. The fraction of sp³-hybridized carbons (Fsp3) is 0.200. The van der Waals surface area contributed by atoms with Crippen LogP contribution in [0.5, 0.6) is 5.75 Å². The van der Waals surface area contributed by atoms with Crippen molar-refractivity contribution in [3.8, 4) is 16.9 Å². The molecule has 1 atom stereocenters. The van der Waals surface area contributed by atoms with E-state index in [-0.39, 0.29) is 11.9 Å². The normalized spacial score (nSPS) is 16.9. The van der Waals surface area contributed by atoms with Gasteiger partial charge in [0.1, 0.15) is 11.9 Å².